The highest BCUT2D eigenvalue weighted by atomic mass is 32.2. The van der Waals surface area contributed by atoms with Crippen LogP contribution < -0.4 is 14.8 Å². The summed E-state index contributed by atoms with van der Waals surface area (Å²) in [5, 5.41) is 3.21. The van der Waals surface area contributed by atoms with E-state index in [4.69, 9.17) is 0 Å². The van der Waals surface area contributed by atoms with Crippen LogP contribution in [-0.4, -0.2) is 33.4 Å². The van der Waals surface area contributed by atoms with E-state index >= 15 is 0 Å². The molecule has 2 rings (SSSR count). The number of nitrogens with one attached hydrogen (secondary N) is 2. The van der Waals surface area contributed by atoms with Gasteiger partial charge in [-0.3, -0.25) is 4.72 Å². The minimum atomic E-state index is -3.59. The molecule has 0 aromatic heterocycles. The summed E-state index contributed by atoms with van der Waals surface area (Å²) >= 11 is 0. The summed E-state index contributed by atoms with van der Waals surface area (Å²) in [4.78, 5) is 0. The molecular formula is C13H18F2N2O3S. The lowest BCUT2D eigenvalue weighted by atomic mass is 10.3. The average Bonchev–Trinajstić information content (AvgIpc) is 3.20. The summed E-state index contributed by atoms with van der Waals surface area (Å²) in [6.07, 6.45) is 2.75. The minimum Gasteiger partial charge on any atom is -0.433 e. The zero-order valence-corrected chi connectivity index (χ0v) is 12.2. The number of hydrogen-bond acceptors (Lipinski definition) is 4. The maximum absolute atomic E-state index is 12.3. The van der Waals surface area contributed by atoms with Crippen molar-refractivity contribution in [2.45, 2.75) is 31.9 Å². The molecule has 0 heterocycles. The second-order valence-corrected chi connectivity index (χ2v) is 6.72. The number of halogens is 2. The summed E-state index contributed by atoms with van der Waals surface area (Å²) < 4.78 is 54.9. The Kier molecular flexibility index (Phi) is 5.35. The summed E-state index contributed by atoms with van der Waals surface area (Å²) in [5.41, 5.74) is 0.0213. The molecule has 1 aromatic carbocycles. The Hall–Kier alpha value is -1.41. The highest BCUT2D eigenvalue weighted by Gasteiger charge is 2.20. The molecule has 118 valence electrons. The zero-order valence-electron chi connectivity index (χ0n) is 11.4. The smallest absolute Gasteiger partial charge is 0.387 e. The van der Waals surface area contributed by atoms with Crippen LogP contribution >= 0.6 is 0 Å². The summed E-state index contributed by atoms with van der Waals surface area (Å²) in [6, 6.07) is 6.25. The fourth-order valence-corrected chi connectivity index (χ4v) is 2.95. The molecule has 0 amide bonds. The van der Waals surface area contributed by atoms with Crippen LogP contribution in [0.3, 0.4) is 0 Å². The Morgan fingerprint density at radius 3 is 2.67 bits per heavy atom. The molecule has 8 heteroatoms. The maximum Gasteiger partial charge on any atom is 0.387 e. The van der Waals surface area contributed by atoms with Crippen LogP contribution in [0, 0.1) is 0 Å². The standard InChI is InChI=1S/C13H18F2N2O3S/c14-13(15)20-12-5-2-1-4-11(12)17-21(18,19)9-3-8-16-10-6-7-10/h1-2,4-5,10,13,16-17H,3,6-9H2. The number of ether oxygens (including phenoxy) is 1. The Morgan fingerprint density at radius 1 is 1.29 bits per heavy atom. The largest absolute Gasteiger partial charge is 0.433 e. The van der Waals surface area contributed by atoms with E-state index in [0.717, 1.165) is 12.8 Å². The molecule has 1 fully saturated rings. The third-order valence-electron chi connectivity index (χ3n) is 2.97. The molecule has 0 bridgehead atoms. The molecule has 1 aliphatic carbocycles. The SMILES string of the molecule is O=S(=O)(CCCNC1CC1)Nc1ccccc1OC(F)F. The van der Waals surface area contributed by atoms with Gasteiger partial charge in [0.1, 0.15) is 5.75 Å². The lowest BCUT2D eigenvalue weighted by Gasteiger charge is -2.13. The van der Waals surface area contributed by atoms with Crippen molar-refractivity contribution < 1.29 is 21.9 Å². The van der Waals surface area contributed by atoms with Crippen LogP contribution in [0.2, 0.25) is 0 Å². The molecule has 21 heavy (non-hydrogen) atoms. The summed E-state index contributed by atoms with van der Waals surface area (Å²) in [5.74, 6) is -0.261. The van der Waals surface area contributed by atoms with Crippen molar-refractivity contribution in [2.75, 3.05) is 17.0 Å². The molecular weight excluding hydrogens is 302 g/mol. The molecule has 0 unspecified atom stereocenters. The molecule has 0 radical (unpaired) electrons. The lowest BCUT2D eigenvalue weighted by molar-refractivity contribution is -0.0493. The molecule has 1 saturated carbocycles. The van der Waals surface area contributed by atoms with E-state index in [9.17, 15) is 17.2 Å². The highest BCUT2D eigenvalue weighted by Crippen LogP contribution is 2.26. The minimum absolute atomic E-state index is 0.0213. The number of rotatable bonds is 9. The van der Waals surface area contributed by atoms with Crippen molar-refractivity contribution in [1.29, 1.82) is 0 Å². The van der Waals surface area contributed by atoms with E-state index in [0.29, 0.717) is 19.0 Å². The second kappa shape index (κ2) is 7.04. The van der Waals surface area contributed by atoms with Crippen LogP contribution in [0.1, 0.15) is 19.3 Å². The second-order valence-electron chi connectivity index (χ2n) is 4.88. The van der Waals surface area contributed by atoms with Crippen molar-refractivity contribution in [3.05, 3.63) is 24.3 Å². The van der Waals surface area contributed by atoms with Gasteiger partial charge < -0.3 is 10.1 Å². The number of hydrogen-bond donors (Lipinski definition) is 2. The topological polar surface area (TPSA) is 67.4 Å². The first-order valence-electron chi connectivity index (χ1n) is 6.74. The first kappa shape index (κ1) is 16.0. The number of para-hydroxylation sites is 2. The van der Waals surface area contributed by atoms with Gasteiger partial charge in [0.25, 0.3) is 0 Å². The molecule has 1 aliphatic rings. The van der Waals surface area contributed by atoms with E-state index in [-0.39, 0.29) is 17.2 Å². The van der Waals surface area contributed by atoms with Crippen molar-refractivity contribution in [3.63, 3.8) is 0 Å². The highest BCUT2D eigenvalue weighted by molar-refractivity contribution is 7.92. The Labute approximate surface area is 122 Å². The molecule has 0 atom stereocenters. The van der Waals surface area contributed by atoms with Gasteiger partial charge in [-0.25, -0.2) is 8.42 Å². The van der Waals surface area contributed by atoms with Crippen molar-refractivity contribution >= 4 is 15.7 Å². The van der Waals surface area contributed by atoms with Gasteiger partial charge in [-0.1, -0.05) is 12.1 Å². The molecule has 0 aliphatic heterocycles. The molecule has 1 aromatic rings. The summed E-state index contributed by atoms with van der Waals surface area (Å²) in [7, 11) is -3.59. The van der Waals surface area contributed by atoms with Gasteiger partial charge in [0, 0.05) is 6.04 Å². The lowest BCUT2D eigenvalue weighted by Crippen LogP contribution is -2.23. The van der Waals surface area contributed by atoms with Crippen LogP contribution in [0.15, 0.2) is 24.3 Å². The monoisotopic (exact) mass is 320 g/mol. The van der Waals surface area contributed by atoms with Gasteiger partial charge in [-0.15, -0.1) is 0 Å². The number of anilines is 1. The van der Waals surface area contributed by atoms with E-state index in [1.807, 2.05) is 0 Å². The van der Waals surface area contributed by atoms with Crippen molar-refractivity contribution in [1.82, 2.24) is 5.32 Å². The van der Waals surface area contributed by atoms with Gasteiger partial charge in [0.05, 0.1) is 11.4 Å². The third kappa shape index (κ3) is 5.84. The van der Waals surface area contributed by atoms with Gasteiger partial charge in [-0.05, 0) is 37.9 Å². The Balaban J connectivity index is 1.88. The quantitative estimate of drug-likeness (QED) is 0.684. The number of alkyl halides is 2. The van der Waals surface area contributed by atoms with Crippen molar-refractivity contribution in [3.8, 4) is 5.75 Å². The molecule has 5 nitrogen and oxygen atoms in total. The predicted octanol–water partition coefficient (Wildman–Crippen LogP) is 2.17. The fraction of sp³-hybridized carbons (Fsp3) is 0.538. The van der Waals surface area contributed by atoms with E-state index in [2.05, 4.69) is 14.8 Å². The summed E-state index contributed by atoms with van der Waals surface area (Å²) in [6.45, 7) is -2.38. The van der Waals surface area contributed by atoms with Crippen LogP contribution in [-0.2, 0) is 10.0 Å². The van der Waals surface area contributed by atoms with Gasteiger partial charge in [-0.2, -0.15) is 8.78 Å². The van der Waals surface area contributed by atoms with Crippen molar-refractivity contribution in [2.24, 2.45) is 0 Å². The average molecular weight is 320 g/mol. The van der Waals surface area contributed by atoms with Gasteiger partial charge in [0.2, 0.25) is 10.0 Å². The van der Waals surface area contributed by atoms with Crippen LogP contribution in [0.4, 0.5) is 14.5 Å². The first-order chi connectivity index (χ1) is 9.96. The van der Waals surface area contributed by atoms with E-state index < -0.39 is 16.6 Å². The Morgan fingerprint density at radius 2 is 2.00 bits per heavy atom. The predicted molar refractivity (Wildman–Crippen MR) is 76.1 cm³/mol. The molecule has 0 saturated heterocycles. The van der Waals surface area contributed by atoms with Crippen LogP contribution in [0.5, 0.6) is 5.75 Å². The zero-order chi connectivity index (χ0) is 15.3. The first-order valence-corrected chi connectivity index (χ1v) is 8.39. The fourth-order valence-electron chi connectivity index (χ4n) is 1.82. The van der Waals surface area contributed by atoms with Crippen LogP contribution in [0.25, 0.3) is 0 Å². The van der Waals surface area contributed by atoms with Gasteiger partial charge >= 0.3 is 6.61 Å². The van der Waals surface area contributed by atoms with E-state index in [1.54, 1.807) is 6.07 Å². The normalized spacial score (nSPS) is 15.2. The Bertz CT molecular complexity index is 562. The van der Waals surface area contributed by atoms with Gasteiger partial charge in [0.15, 0.2) is 0 Å². The molecule has 0 spiro atoms. The van der Waals surface area contributed by atoms with E-state index in [1.165, 1.54) is 18.2 Å². The number of sulfonamides is 1. The maximum atomic E-state index is 12.3. The third-order valence-corrected chi connectivity index (χ3v) is 4.33. The molecule has 2 N–H and O–H groups in total. The number of benzene rings is 1.